The van der Waals surface area contributed by atoms with E-state index in [1.165, 1.54) is 5.56 Å². The first kappa shape index (κ1) is 38.3. The smallest absolute Gasteiger partial charge is 0.405 e. The fraction of sp³-hybridized carbons (Fsp3) is 0.340. The van der Waals surface area contributed by atoms with E-state index in [1.54, 1.807) is 4.90 Å². The van der Waals surface area contributed by atoms with Crippen molar-refractivity contribution in [1.29, 1.82) is 0 Å². The minimum Gasteiger partial charge on any atom is -0.465 e. The molecule has 12 heteroatoms. The van der Waals surface area contributed by atoms with Crippen molar-refractivity contribution in [3.63, 3.8) is 0 Å². The molecule has 3 aliphatic rings. The summed E-state index contributed by atoms with van der Waals surface area (Å²) in [7, 11) is 2.05. The number of imidazole rings is 2. The first-order chi connectivity index (χ1) is 28.6. The van der Waals surface area contributed by atoms with Crippen LogP contribution < -0.4 is 5.32 Å². The number of hydrogen-bond acceptors (Lipinski definition) is 6. The van der Waals surface area contributed by atoms with Crippen LogP contribution >= 0.6 is 0 Å². The van der Waals surface area contributed by atoms with Gasteiger partial charge < -0.3 is 30.2 Å². The van der Waals surface area contributed by atoms with Crippen molar-refractivity contribution in [2.45, 2.75) is 70.1 Å². The van der Waals surface area contributed by atoms with Crippen LogP contribution in [0, 0.1) is 5.92 Å². The first-order valence-corrected chi connectivity index (χ1v) is 20.8. The molecule has 4 N–H and O–H groups in total. The third kappa shape index (κ3) is 7.37. The maximum atomic E-state index is 14.1. The van der Waals surface area contributed by atoms with E-state index in [0.717, 1.165) is 101 Å². The Morgan fingerprint density at radius 1 is 0.729 bits per heavy atom. The summed E-state index contributed by atoms with van der Waals surface area (Å²) in [4.78, 5) is 61.4. The van der Waals surface area contributed by atoms with Crippen molar-refractivity contribution < 1.29 is 19.5 Å². The third-order valence-corrected chi connectivity index (χ3v) is 12.5. The highest BCUT2D eigenvalue weighted by Crippen LogP contribution is 2.38. The molecule has 302 valence electrons. The predicted octanol–water partition coefficient (Wildman–Crippen LogP) is 8.14. The molecule has 0 unspecified atom stereocenters. The monoisotopic (exact) mass is 790 g/mol. The van der Waals surface area contributed by atoms with E-state index in [9.17, 15) is 19.5 Å². The van der Waals surface area contributed by atoms with Crippen molar-refractivity contribution in [3.05, 3.63) is 120 Å². The number of carbonyl (C=O) groups is 3. The zero-order valence-electron chi connectivity index (χ0n) is 33.7. The van der Waals surface area contributed by atoms with Crippen LogP contribution in [0.15, 0.2) is 97.3 Å². The number of carbonyl (C=O) groups excluding carboxylic acids is 2. The third-order valence-electron chi connectivity index (χ3n) is 12.5. The second-order valence-corrected chi connectivity index (χ2v) is 16.6. The summed E-state index contributed by atoms with van der Waals surface area (Å²) >= 11 is 0. The molecule has 6 aromatic rings. The average molecular weight is 791 g/mol. The maximum Gasteiger partial charge on any atom is 0.405 e. The number of rotatable bonds is 9. The van der Waals surface area contributed by atoms with Crippen LogP contribution in [-0.2, 0) is 16.0 Å². The van der Waals surface area contributed by atoms with Crippen LogP contribution in [0.25, 0.3) is 44.4 Å². The number of nitrogens with zero attached hydrogens (tertiary/aromatic N) is 5. The number of likely N-dealkylation sites (tertiary alicyclic amines) is 2. The minimum absolute atomic E-state index is 0.0768. The van der Waals surface area contributed by atoms with Crippen LogP contribution in [0.2, 0.25) is 0 Å². The molecule has 0 spiro atoms. The molecule has 59 heavy (non-hydrogen) atoms. The topological polar surface area (TPSA) is 151 Å². The van der Waals surface area contributed by atoms with Crippen molar-refractivity contribution in [2.24, 2.45) is 5.92 Å². The summed E-state index contributed by atoms with van der Waals surface area (Å²) in [5.74, 6) is 1.30. The molecule has 4 atom stereocenters. The molecule has 0 bridgehead atoms. The number of aromatic amines is 2. The molecule has 12 nitrogen and oxygen atoms in total. The van der Waals surface area contributed by atoms with E-state index in [-0.39, 0.29) is 35.9 Å². The molecular weight excluding hydrogens is 741 g/mol. The van der Waals surface area contributed by atoms with Gasteiger partial charge in [-0.2, -0.15) is 0 Å². The van der Waals surface area contributed by atoms with Gasteiger partial charge in [0.15, 0.2) is 0 Å². The molecule has 3 amide bonds. The number of H-pyrrole nitrogens is 2. The molecule has 0 radical (unpaired) electrons. The molecule has 2 saturated heterocycles. The molecule has 2 aromatic heterocycles. The Morgan fingerprint density at radius 3 is 1.98 bits per heavy atom. The Balaban J connectivity index is 0.877. The van der Waals surface area contributed by atoms with Crippen molar-refractivity contribution in [3.8, 4) is 33.6 Å². The van der Waals surface area contributed by atoms with E-state index in [1.807, 2.05) is 37.2 Å². The van der Waals surface area contributed by atoms with E-state index in [0.29, 0.717) is 12.4 Å². The van der Waals surface area contributed by atoms with E-state index in [4.69, 9.17) is 4.98 Å². The van der Waals surface area contributed by atoms with Crippen molar-refractivity contribution >= 4 is 28.7 Å². The van der Waals surface area contributed by atoms with Crippen LogP contribution in [0.1, 0.15) is 80.4 Å². The predicted molar refractivity (Wildman–Crippen MR) is 227 cm³/mol. The van der Waals surface area contributed by atoms with Gasteiger partial charge in [0.05, 0.1) is 35.9 Å². The molecule has 2 fully saturated rings. The SMILES string of the molecule is CC(C)[C@H](NC(=O)O)C(=O)N1CCC[C@H]1c1ncc(-c2ccc3cc(-c4ccc(-c5cnc([C@@H]6CCCN6C(=O)[C@H]6c7ccccc7CCN6C)[nH]5)cc4)ccc3c2)[nH]1. The normalized spacial score (nSPS) is 20.0. The van der Waals surface area contributed by atoms with Gasteiger partial charge in [0.1, 0.15) is 23.7 Å². The highest BCUT2D eigenvalue weighted by molar-refractivity contribution is 5.91. The fourth-order valence-electron chi connectivity index (χ4n) is 9.37. The van der Waals surface area contributed by atoms with Gasteiger partial charge in [0.2, 0.25) is 11.8 Å². The van der Waals surface area contributed by atoms with Gasteiger partial charge in [0, 0.05) is 25.2 Å². The Bertz CT molecular complexity index is 2520. The lowest BCUT2D eigenvalue weighted by Gasteiger charge is -2.37. The Morgan fingerprint density at radius 2 is 1.31 bits per heavy atom. The van der Waals surface area contributed by atoms with Crippen LogP contribution in [0.5, 0.6) is 0 Å². The lowest BCUT2D eigenvalue weighted by molar-refractivity contribution is -0.138. The zero-order valence-corrected chi connectivity index (χ0v) is 33.7. The number of nitrogens with one attached hydrogen (secondary N) is 3. The van der Waals surface area contributed by atoms with Gasteiger partial charge >= 0.3 is 6.09 Å². The van der Waals surface area contributed by atoms with Gasteiger partial charge in [-0.1, -0.05) is 86.6 Å². The second-order valence-electron chi connectivity index (χ2n) is 16.6. The quantitative estimate of drug-likeness (QED) is 0.116. The van der Waals surface area contributed by atoms with Crippen LogP contribution in [0.4, 0.5) is 4.79 Å². The lowest BCUT2D eigenvalue weighted by atomic mass is 9.92. The Kier molecular flexibility index (Phi) is 10.3. The molecule has 5 heterocycles. The van der Waals surface area contributed by atoms with Gasteiger partial charge in [-0.25, -0.2) is 14.8 Å². The number of carboxylic acid groups (broad SMARTS) is 1. The summed E-state index contributed by atoms with van der Waals surface area (Å²) in [5, 5.41) is 13.9. The summed E-state index contributed by atoms with van der Waals surface area (Å²) in [6.45, 7) is 5.85. The van der Waals surface area contributed by atoms with Crippen LogP contribution in [0.3, 0.4) is 0 Å². The highest BCUT2D eigenvalue weighted by atomic mass is 16.4. The first-order valence-electron chi connectivity index (χ1n) is 20.8. The number of benzene rings is 4. The van der Waals surface area contributed by atoms with E-state index in [2.05, 4.69) is 111 Å². The molecular formula is C47H50N8O4. The Hall–Kier alpha value is -6.27. The standard InChI is InChI=1S/C47H50N8O4/c1-28(2)41(52-47(58)59)45(56)54-21-6-10-39(54)43-49-27-38(51-43)35-19-18-33-24-32(16-17-34(33)25-35)29-12-14-31(15-13-29)37-26-48-44(50-37)40-11-7-22-55(40)46(57)42-36-9-5-4-8-30(36)20-23-53(42)3/h4-5,8-9,12-19,24-28,39-42,52H,6-7,10-11,20-23H2,1-3H3,(H,48,50)(H,49,51)(H,58,59)/t39-,40-,41-,42+/m0/s1. The number of amides is 3. The number of aromatic nitrogens is 4. The highest BCUT2D eigenvalue weighted by Gasteiger charge is 2.40. The second kappa shape index (κ2) is 15.8. The molecule has 9 rings (SSSR count). The lowest BCUT2D eigenvalue weighted by Crippen LogP contribution is -2.50. The van der Waals surface area contributed by atoms with E-state index < -0.39 is 12.1 Å². The van der Waals surface area contributed by atoms with Crippen molar-refractivity contribution in [1.82, 2.24) is 40.0 Å². The average Bonchev–Trinajstić information content (AvgIpc) is 4.09. The molecule has 0 aliphatic carbocycles. The molecule has 0 saturated carbocycles. The molecule has 4 aromatic carbocycles. The zero-order chi connectivity index (χ0) is 40.8. The van der Waals surface area contributed by atoms with Gasteiger partial charge in [-0.3, -0.25) is 14.5 Å². The van der Waals surface area contributed by atoms with Crippen molar-refractivity contribution in [2.75, 3.05) is 26.7 Å². The summed E-state index contributed by atoms with van der Waals surface area (Å²) in [6, 6.07) is 28.3. The Labute approximate surface area is 343 Å². The molecule has 3 aliphatic heterocycles. The minimum atomic E-state index is -1.20. The number of hydrogen-bond donors (Lipinski definition) is 4. The summed E-state index contributed by atoms with van der Waals surface area (Å²) in [5.41, 5.74) is 8.43. The van der Waals surface area contributed by atoms with Gasteiger partial charge in [0.25, 0.3) is 0 Å². The summed E-state index contributed by atoms with van der Waals surface area (Å²) in [6.07, 6.45) is 6.88. The maximum absolute atomic E-state index is 14.1. The van der Waals surface area contributed by atoms with Gasteiger partial charge in [-0.15, -0.1) is 0 Å². The summed E-state index contributed by atoms with van der Waals surface area (Å²) < 4.78 is 0. The number of likely N-dealkylation sites (N-methyl/N-ethyl adjacent to an activating group) is 1. The van der Waals surface area contributed by atoms with Gasteiger partial charge in [-0.05, 0) is 95.8 Å². The fourth-order valence-corrected chi connectivity index (χ4v) is 9.37. The number of fused-ring (bicyclic) bond motifs is 2. The van der Waals surface area contributed by atoms with Crippen LogP contribution in [-0.4, -0.2) is 90.4 Å². The van der Waals surface area contributed by atoms with E-state index >= 15 is 0 Å². The largest absolute Gasteiger partial charge is 0.465 e.